The largest absolute Gasteiger partial charge is 0.389 e. The Balaban J connectivity index is 1.63. The number of nitrogens with zero attached hydrogens (tertiary/aromatic N) is 2. The molecule has 1 aromatic rings. The van der Waals surface area contributed by atoms with Crippen LogP contribution in [0.5, 0.6) is 0 Å². The van der Waals surface area contributed by atoms with Crippen molar-refractivity contribution in [3.05, 3.63) is 18.0 Å². The van der Waals surface area contributed by atoms with Crippen molar-refractivity contribution in [3.63, 3.8) is 0 Å². The fraction of sp³-hybridized carbons (Fsp3) is 0.812. The summed E-state index contributed by atoms with van der Waals surface area (Å²) < 4.78 is 2.15. The van der Waals surface area contributed by atoms with Gasteiger partial charge in [0.25, 0.3) is 0 Å². The molecule has 112 valence electrons. The summed E-state index contributed by atoms with van der Waals surface area (Å²) in [5, 5.41) is 18.8. The molecule has 2 heterocycles. The minimum atomic E-state index is -0.560. The molecule has 2 aliphatic rings. The molecule has 0 bridgehead atoms. The summed E-state index contributed by atoms with van der Waals surface area (Å²) in [6, 6.07) is 2.69. The van der Waals surface area contributed by atoms with Gasteiger partial charge in [0, 0.05) is 12.6 Å². The highest BCUT2D eigenvalue weighted by Crippen LogP contribution is 2.28. The number of rotatable bonds is 3. The zero-order valence-corrected chi connectivity index (χ0v) is 12.4. The van der Waals surface area contributed by atoms with Gasteiger partial charge in [0.15, 0.2) is 0 Å². The van der Waals surface area contributed by atoms with Crippen LogP contribution in [0.25, 0.3) is 0 Å². The fourth-order valence-electron chi connectivity index (χ4n) is 3.65. The van der Waals surface area contributed by atoms with E-state index in [1.807, 2.05) is 0 Å². The van der Waals surface area contributed by atoms with Gasteiger partial charge in [-0.15, -0.1) is 0 Å². The molecule has 20 heavy (non-hydrogen) atoms. The maximum Gasteiger partial charge on any atom is 0.0716 e. The van der Waals surface area contributed by atoms with Gasteiger partial charge in [-0.05, 0) is 51.3 Å². The van der Waals surface area contributed by atoms with Crippen LogP contribution in [0.2, 0.25) is 0 Å². The van der Waals surface area contributed by atoms with E-state index in [-0.39, 0.29) is 0 Å². The van der Waals surface area contributed by atoms with Crippen LogP contribution in [0, 0.1) is 0 Å². The molecule has 1 aromatic heterocycles. The van der Waals surface area contributed by atoms with E-state index >= 15 is 0 Å². The van der Waals surface area contributed by atoms with Crippen molar-refractivity contribution < 1.29 is 5.11 Å². The Morgan fingerprint density at radius 2 is 2.05 bits per heavy atom. The normalized spacial score (nSPS) is 29.2. The number of aromatic nitrogens is 2. The van der Waals surface area contributed by atoms with Crippen molar-refractivity contribution in [2.45, 2.75) is 69.4 Å². The number of aliphatic hydroxyl groups is 1. The van der Waals surface area contributed by atoms with Crippen molar-refractivity contribution in [2.24, 2.45) is 0 Å². The summed E-state index contributed by atoms with van der Waals surface area (Å²) in [5.74, 6) is 0. The van der Waals surface area contributed by atoms with Gasteiger partial charge in [-0.3, -0.25) is 4.68 Å². The van der Waals surface area contributed by atoms with E-state index < -0.39 is 5.60 Å². The first-order valence-electron chi connectivity index (χ1n) is 8.22. The molecule has 1 aliphatic heterocycles. The van der Waals surface area contributed by atoms with Crippen LogP contribution < -0.4 is 5.32 Å². The Morgan fingerprint density at radius 1 is 1.20 bits per heavy atom. The van der Waals surface area contributed by atoms with E-state index in [9.17, 15) is 5.11 Å². The Labute approximate surface area is 121 Å². The molecule has 0 radical (unpaired) electrons. The molecule has 4 nitrogen and oxygen atoms in total. The second-order valence-electron chi connectivity index (χ2n) is 6.58. The summed E-state index contributed by atoms with van der Waals surface area (Å²) in [7, 11) is 0. The smallest absolute Gasteiger partial charge is 0.0716 e. The van der Waals surface area contributed by atoms with Gasteiger partial charge in [0.05, 0.1) is 17.3 Å². The molecule has 1 aliphatic carbocycles. The van der Waals surface area contributed by atoms with E-state index in [1.165, 1.54) is 32.1 Å². The summed E-state index contributed by atoms with van der Waals surface area (Å²) in [4.78, 5) is 0. The standard InChI is InChI=1S/C16H27N3O/c20-16(8-4-10-17-11-9-16)13-14-7-12-19(18-14)15-5-2-1-3-6-15/h7,12,15,17,20H,1-6,8-11,13H2. The van der Waals surface area contributed by atoms with Crippen LogP contribution in [-0.4, -0.2) is 33.6 Å². The minimum Gasteiger partial charge on any atom is -0.389 e. The first-order chi connectivity index (χ1) is 9.75. The van der Waals surface area contributed by atoms with Crippen molar-refractivity contribution >= 4 is 0 Å². The fourth-order valence-corrected chi connectivity index (χ4v) is 3.65. The summed E-state index contributed by atoms with van der Waals surface area (Å²) >= 11 is 0. The van der Waals surface area contributed by atoms with E-state index in [4.69, 9.17) is 5.10 Å². The maximum atomic E-state index is 10.7. The highest BCUT2D eigenvalue weighted by Gasteiger charge is 2.29. The van der Waals surface area contributed by atoms with E-state index in [2.05, 4.69) is 22.3 Å². The molecule has 4 heteroatoms. The highest BCUT2D eigenvalue weighted by atomic mass is 16.3. The number of nitrogens with one attached hydrogen (secondary N) is 1. The molecule has 2 N–H and O–H groups in total. The predicted octanol–water partition coefficient (Wildman–Crippen LogP) is 2.44. The Bertz CT molecular complexity index is 415. The van der Waals surface area contributed by atoms with Crippen LogP contribution in [0.4, 0.5) is 0 Å². The number of hydrogen-bond acceptors (Lipinski definition) is 3. The van der Waals surface area contributed by atoms with Crippen molar-refractivity contribution in [2.75, 3.05) is 13.1 Å². The van der Waals surface area contributed by atoms with Gasteiger partial charge in [-0.1, -0.05) is 19.3 Å². The molecular formula is C16H27N3O. The first-order valence-corrected chi connectivity index (χ1v) is 8.22. The van der Waals surface area contributed by atoms with Gasteiger partial charge in [-0.25, -0.2) is 0 Å². The number of hydrogen-bond donors (Lipinski definition) is 2. The lowest BCUT2D eigenvalue weighted by atomic mass is 9.90. The van der Waals surface area contributed by atoms with Gasteiger partial charge in [0.2, 0.25) is 0 Å². The van der Waals surface area contributed by atoms with E-state index in [0.717, 1.165) is 38.0 Å². The molecule has 1 unspecified atom stereocenters. The molecule has 0 spiro atoms. The van der Waals surface area contributed by atoms with Crippen molar-refractivity contribution in [1.29, 1.82) is 0 Å². The summed E-state index contributed by atoms with van der Waals surface area (Å²) in [6.45, 7) is 1.94. The van der Waals surface area contributed by atoms with Crippen LogP contribution in [0.1, 0.15) is 63.1 Å². The third-order valence-electron chi connectivity index (χ3n) is 4.89. The Morgan fingerprint density at radius 3 is 2.90 bits per heavy atom. The van der Waals surface area contributed by atoms with Crippen LogP contribution in [0.3, 0.4) is 0 Å². The Kier molecular flexibility index (Phi) is 4.41. The second kappa shape index (κ2) is 6.27. The molecule has 3 rings (SSSR count). The van der Waals surface area contributed by atoms with Crippen molar-refractivity contribution in [1.82, 2.24) is 15.1 Å². The zero-order valence-electron chi connectivity index (χ0n) is 12.4. The average molecular weight is 277 g/mol. The van der Waals surface area contributed by atoms with Crippen LogP contribution >= 0.6 is 0 Å². The van der Waals surface area contributed by atoms with E-state index in [0.29, 0.717) is 12.5 Å². The van der Waals surface area contributed by atoms with Crippen LogP contribution in [-0.2, 0) is 6.42 Å². The average Bonchev–Trinajstić information content (AvgIpc) is 2.81. The van der Waals surface area contributed by atoms with E-state index in [1.54, 1.807) is 0 Å². The maximum absolute atomic E-state index is 10.7. The molecule has 1 saturated carbocycles. The third kappa shape index (κ3) is 3.41. The minimum absolute atomic E-state index is 0.560. The highest BCUT2D eigenvalue weighted by molar-refractivity contribution is 5.05. The molecule has 0 aromatic carbocycles. The van der Waals surface area contributed by atoms with Crippen LogP contribution in [0.15, 0.2) is 12.3 Å². The summed E-state index contributed by atoms with van der Waals surface area (Å²) in [6.07, 6.45) is 12.1. The zero-order chi connectivity index (χ0) is 13.8. The third-order valence-corrected chi connectivity index (χ3v) is 4.89. The molecular weight excluding hydrogens is 250 g/mol. The van der Waals surface area contributed by atoms with Gasteiger partial charge in [-0.2, -0.15) is 5.10 Å². The quantitative estimate of drug-likeness (QED) is 0.892. The topological polar surface area (TPSA) is 50.1 Å². The SMILES string of the molecule is OC1(Cc2ccn(C3CCCCC3)n2)CCCNCC1. The lowest BCUT2D eigenvalue weighted by Crippen LogP contribution is -2.32. The van der Waals surface area contributed by atoms with Gasteiger partial charge >= 0.3 is 0 Å². The van der Waals surface area contributed by atoms with Gasteiger partial charge in [0.1, 0.15) is 0 Å². The van der Waals surface area contributed by atoms with Crippen molar-refractivity contribution in [3.8, 4) is 0 Å². The van der Waals surface area contributed by atoms with Gasteiger partial charge < -0.3 is 10.4 Å². The first kappa shape index (κ1) is 14.1. The summed E-state index contributed by atoms with van der Waals surface area (Å²) in [5.41, 5.74) is 0.495. The molecule has 2 fully saturated rings. The Hall–Kier alpha value is -0.870. The molecule has 1 atom stereocenters. The monoisotopic (exact) mass is 277 g/mol. The molecule has 1 saturated heterocycles. The predicted molar refractivity (Wildman–Crippen MR) is 79.7 cm³/mol. The molecule has 0 amide bonds. The second-order valence-corrected chi connectivity index (χ2v) is 6.58. The lowest BCUT2D eigenvalue weighted by molar-refractivity contribution is 0.0273. The lowest BCUT2D eigenvalue weighted by Gasteiger charge is -2.25.